The number of hydrogen-bond donors (Lipinski definition) is 3. The maximum atomic E-state index is 13.6. The van der Waals surface area contributed by atoms with Crippen LogP contribution in [0.5, 0.6) is 0 Å². The third-order valence-corrected chi connectivity index (χ3v) is 8.11. The summed E-state index contributed by atoms with van der Waals surface area (Å²) in [7, 11) is 0. The van der Waals surface area contributed by atoms with Gasteiger partial charge in [0.15, 0.2) is 0 Å². The van der Waals surface area contributed by atoms with E-state index in [4.69, 9.17) is 0 Å². The molecule has 5 rings (SSSR count). The van der Waals surface area contributed by atoms with Crippen molar-refractivity contribution in [3.63, 3.8) is 0 Å². The lowest BCUT2D eigenvalue weighted by Gasteiger charge is -2.36. The number of hydrogen-bond acceptors (Lipinski definition) is 4. The maximum absolute atomic E-state index is 13.6. The Morgan fingerprint density at radius 1 is 0.900 bits per heavy atom. The number of aromatic amines is 1. The predicted molar refractivity (Wildman–Crippen MR) is 162 cm³/mol. The van der Waals surface area contributed by atoms with Crippen LogP contribution < -0.4 is 15.5 Å². The molecule has 7 heteroatoms. The summed E-state index contributed by atoms with van der Waals surface area (Å²) >= 11 is 0. The number of carbonyl (C=O) groups is 2. The number of piperazine rings is 1. The van der Waals surface area contributed by atoms with Crippen molar-refractivity contribution >= 4 is 28.4 Å². The van der Waals surface area contributed by atoms with Crippen molar-refractivity contribution in [3.05, 3.63) is 101 Å². The van der Waals surface area contributed by atoms with Gasteiger partial charge >= 0.3 is 0 Å². The Balaban J connectivity index is 1.26. The van der Waals surface area contributed by atoms with Gasteiger partial charge in [0.2, 0.25) is 11.8 Å². The van der Waals surface area contributed by atoms with E-state index >= 15 is 0 Å². The van der Waals surface area contributed by atoms with E-state index in [0.29, 0.717) is 6.54 Å². The third kappa shape index (κ3) is 6.37. The van der Waals surface area contributed by atoms with Gasteiger partial charge in [0, 0.05) is 61.4 Å². The van der Waals surface area contributed by atoms with Crippen LogP contribution in [-0.2, 0) is 16.1 Å². The van der Waals surface area contributed by atoms with Crippen LogP contribution in [0.3, 0.4) is 0 Å². The molecule has 2 heterocycles. The number of H-pyrrole nitrogens is 1. The normalized spacial score (nSPS) is 15.5. The molecule has 40 heavy (non-hydrogen) atoms. The van der Waals surface area contributed by atoms with Crippen LogP contribution in [0.25, 0.3) is 10.9 Å². The van der Waals surface area contributed by atoms with Gasteiger partial charge in [-0.3, -0.25) is 14.5 Å². The number of amides is 2. The average molecular weight is 538 g/mol. The first kappa shape index (κ1) is 27.5. The Labute approximate surface area is 236 Å². The van der Waals surface area contributed by atoms with E-state index < -0.39 is 6.04 Å². The minimum atomic E-state index is -0.705. The summed E-state index contributed by atoms with van der Waals surface area (Å²) < 4.78 is 0. The van der Waals surface area contributed by atoms with E-state index in [-0.39, 0.29) is 24.3 Å². The number of benzene rings is 3. The molecule has 1 saturated heterocycles. The number of aromatic nitrogens is 1. The molecule has 0 aliphatic carbocycles. The molecule has 0 spiro atoms. The van der Waals surface area contributed by atoms with Gasteiger partial charge in [0.1, 0.15) is 6.04 Å². The van der Waals surface area contributed by atoms with Gasteiger partial charge in [-0.1, -0.05) is 61.5 Å². The second-order valence-corrected chi connectivity index (χ2v) is 10.9. The number of nitrogens with one attached hydrogen (secondary N) is 3. The molecule has 1 aliphatic heterocycles. The lowest BCUT2D eigenvalue weighted by Crippen LogP contribution is -2.54. The SMILES string of the molecule is Cc1ccc(CNC(=O)C(NC(=O)CN2CCN(c3ccccc3)CC2)C(C)c2c[nH]c3ccccc23)cc1C. The summed E-state index contributed by atoms with van der Waals surface area (Å²) in [4.78, 5) is 34.7. The number of aryl methyl sites for hydroxylation is 2. The zero-order valence-corrected chi connectivity index (χ0v) is 23.6. The maximum Gasteiger partial charge on any atom is 0.243 e. The summed E-state index contributed by atoms with van der Waals surface area (Å²) in [5, 5.41) is 7.25. The molecule has 1 fully saturated rings. The number of para-hydroxylation sites is 2. The van der Waals surface area contributed by atoms with Crippen molar-refractivity contribution in [2.45, 2.75) is 39.3 Å². The second kappa shape index (κ2) is 12.4. The van der Waals surface area contributed by atoms with Gasteiger partial charge in [0.05, 0.1) is 6.54 Å². The molecule has 3 N–H and O–H groups in total. The molecule has 0 radical (unpaired) electrons. The Hall–Kier alpha value is -4.10. The van der Waals surface area contributed by atoms with E-state index in [1.54, 1.807) is 0 Å². The van der Waals surface area contributed by atoms with Crippen molar-refractivity contribution in [1.82, 2.24) is 20.5 Å². The molecule has 0 bridgehead atoms. The van der Waals surface area contributed by atoms with Crippen molar-refractivity contribution < 1.29 is 9.59 Å². The van der Waals surface area contributed by atoms with Crippen LogP contribution in [0.1, 0.15) is 35.1 Å². The van der Waals surface area contributed by atoms with E-state index in [2.05, 4.69) is 81.7 Å². The highest BCUT2D eigenvalue weighted by Crippen LogP contribution is 2.28. The van der Waals surface area contributed by atoms with Gasteiger partial charge in [-0.2, -0.15) is 0 Å². The minimum absolute atomic E-state index is 0.133. The fourth-order valence-electron chi connectivity index (χ4n) is 5.51. The number of nitrogens with zero attached hydrogens (tertiary/aromatic N) is 2. The van der Waals surface area contributed by atoms with Crippen molar-refractivity contribution in [3.8, 4) is 0 Å². The Kier molecular flexibility index (Phi) is 8.51. The second-order valence-electron chi connectivity index (χ2n) is 10.9. The molecule has 1 aliphatic rings. The van der Waals surface area contributed by atoms with Crippen LogP contribution in [0.15, 0.2) is 79.0 Å². The molecule has 2 unspecified atom stereocenters. The molecule has 0 saturated carbocycles. The summed E-state index contributed by atoms with van der Waals surface area (Å²) in [6.07, 6.45) is 1.95. The van der Waals surface area contributed by atoms with Gasteiger partial charge < -0.3 is 20.5 Å². The monoisotopic (exact) mass is 537 g/mol. The van der Waals surface area contributed by atoms with Crippen molar-refractivity contribution in [2.75, 3.05) is 37.6 Å². The highest BCUT2D eigenvalue weighted by atomic mass is 16.2. The van der Waals surface area contributed by atoms with Crippen LogP contribution in [-0.4, -0.2) is 60.5 Å². The lowest BCUT2D eigenvalue weighted by atomic mass is 9.92. The van der Waals surface area contributed by atoms with Crippen molar-refractivity contribution in [2.24, 2.45) is 0 Å². The lowest BCUT2D eigenvalue weighted by molar-refractivity contribution is -0.130. The van der Waals surface area contributed by atoms with Gasteiger partial charge in [-0.15, -0.1) is 0 Å². The van der Waals surface area contributed by atoms with Crippen LogP contribution in [0.4, 0.5) is 5.69 Å². The molecular weight excluding hydrogens is 498 g/mol. The smallest absolute Gasteiger partial charge is 0.243 e. The number of carbonyl (C=O) groups excluding carboxylic acids is 2. The summed E-state index contributed by atoms with van der Waals surface area (Å²) in [6.45, 7) is 10.2. The largest absolute Gasteiger partial charge is 0.369 e. The first-order valence-corrected chi connectivity index (χ1v) is 14.1. The van der Waals surface area contributed by atoms with Gasteiger partial charge in [-0.25, -0.2) is 0 Å². The van der Waals surface area contributed by atoms with E-state index in [0.717, 1.165) is 48.2 Å². The van der Waals surface area contributed by atoms with Crippen LogP contribution in [0, 0.1) is 13.8 Å². The highest BCUT2D eigenvalue weighted by molar-refractivity contribution is 5.91. The quantitative estimate of drug-likeness (QED) is 0.294. The molecule has 7 nitrogen and oxygen atoms in total. The predicted octanol–water partition coefficient (Wildman–Crippen LogP) is 4.51. The first-order chi connectivity index (χ1) is 19.4. The summed E-state index contributed by atoms with van der Waals surface area (Å²) in [6, 6.07) is 23.9. The van der Waals surface area contributed by atoms with Crippen molar-refractivity contribution in [1.29, 1.82) is 0 Å². The topological polar surface area (TPSA) is 80.5 Å². The Morgan fingerprint density at radius 2 is 1.62 bits per heavy atom. The van der Waals surface area contributed by atoms with E-state index in [1.807, 2.05) is 43.5 Å². The first-order valence-electron chi connectivity index (χ1n) is 14.1. The third-order valence-electron chi connectivity index (χ3n) is 8.11. The molecule has 3 aromatic carbocycles. The van der Waals surface area contributed by atoms with Crippen LogP contribution >= 0.6 is 0 Å². The number of anilines is 1. The molecule has 2 atom stereocenters. The van der Waals surface area contributed by atoms with E-state index in [1.165, 1.54) is 16.8 Å². The average Bonchev–Trinajstić information content (AvgIpc) is 3.41. The fraction of sp³-hybridized carbons (Fsp3) is 0.333. The Morgan fingerprint density at radius 3 is 2.38 bits per heavy atom. The minimum Gasteiger partial charge on any atom is -0.369 e. The Bertz CT molecular complexity index is 1460. The van der Waals surface area contributed by atoms with E-state index in [9.17, 15) is 9.59 Å². The fourth-order valence-corrected chi connectivity index (χ4v) is 5.51. The molecular formula is C33H39N5O2. The molecule has 4 aromatic rings. The zero-order chi connectivity index (χ0) is 28.1. The number of fused-ring (bicyclic) bond motifs is 1. The zero-order valence-electron chi connectivity index (χ0n) is 23.6. The molecule has 2 amide bonds. The van der Waals surface area contributed by atoms with Gasteiger partial charge in [0.25, 0.3) is 0 Å². The summed E-state index contributed by atoms with van der Waals surface area (Å²) in [5.74, 6) is -0.542. The van der Waals surface area contributed by atoms with Crippen LogP contribution in [0.2, 0.25) is 0 Å². The standard InChI is InChI=1S/C33H39N5O2/c1-23-13-14-26(19-24(23)2)20-35-33(40)32(25(3)29-21-34-30-12-8-7-11-28(29)30)36-31(39)22-37-15-17-38(18-16-37)27-9-5-4-6-10-27/h4-14,19,21,25,32,34H,15-18,20,22H2,1-3H3,(H,35,40)(H,36,39). The summed E-state index contributed by atoms with van der Waals surface area (Å²) in [5.41, 5.74) is 6.69. The highest BCUT2D eigenvalue weighted by Gasteiger charge is 2.30. The molecule has 208 valence electrons. The number of rotatable bonds is 9. The molecule has 1 aromatic heterocycles. The van der Waals surface area contributed by atoms with Gasteiger partial charge in [-0.05, 0) is 54.3 Å².